The number of hydrogen-bond donors (Lipinski definition) is 1. The topological polar surface area (TPSA) is 29.3 Å². The minimum absolute atomic E-state index is 0.394. The lowest BCUT2D eigenvalue weighted by molar-refractivity contribution is 0.106. The summed E-state index contributed by atoms with van der Waals surface area (Å²) in [5.74, 6) is 0.853. The Labute approximate surface area is 88.8 Å². The fraction of sp³-hybridized carbons (Fsp3) is 1.00. The molecule has 0 amide bonds. The zero-order valence-corrected chi connectivity index (χ0v) is 10.2. The van der Waals surface area contributed by atoms with E-state index in [9.17, 15) is 0 Å². The Morgan fingerprint density at radius 3 is 2.64 bits per heavy atom. The summed E-state index contributed by atoms with van der Waals surface area (Å²) < 4.78 is 0. The van der Waals surface area contributed by atoms with Gasteiger partial charge in [-0.15, -0.1) is 0 Å². The molecule has 84 valence electrons. The van der Waals surface area contributed by atoms with Gasteiger partial charge >= 0.3 is 0 Å². The molecule has 2 N–H and O–H groups in total. The van der Waals surface area contributed by atoms with Crippen molar-refractivity contribution < 1.29 is 0 Å². The van der Waals surface area contributed by atoms with Gasteiger partial charge in [0.1, 0.15) is 0 Å². The van der Waals surface area contributed by atoms with E-state index in [-0.39, 0.29) is 0 Å². The Balaban J connectivity index is 2.55. The van der Waals surface area contributed by atoms with Gasteiger partial charge in [-0.2, -0.15) is 0 Å². The molecule has 0 bridgehead atoms. The highest BCUT2D eigenvalue weighted by Gasteiger charge is 2.30. The van der Waals surface area contributed by atoms with E-state index in [1.54, 1.807) is 0 Å². The molecule has 0 aromatic carbocycles. The van der Waals surface area contributed by atoms with Gasteiger partial charge in [0.15, 0.2) is 0 Å². The number of rotatable bonds is 3. The molecular weight excluding hydrogens is 172 g/mol. The van der Waals surface area contributed by atoms with Crippen molar-refractivity contribution in [1.29, 1.82) is 0 Å². The Bertz CT molecular complexity index is 170. The lowest BCUT2D eigenvalue weighted by atomic mass is 9.82. The van der Waals surface area contributed by atoms with Gasteiger partial charge in [-0.25, -0.2) is 0 Å². The lowest BCUT2D eigenvalue weighted by Gasteiger charge is -2.41. The maximum Gasteiger partial charge on any atom is 0.0249 e. The van der Waals surface area contributed by atoms with Crippen LogP contribution in [0.5, 0.6) is 0 Å². The minimum Gasteiger partial charge on any atom is -0.326 e. The van der Waals surface area contributed by atoms with E-state index in [4.69, 9.17) is 5.73 Å². The molecule has 1 aliphatic carbocycles. The number of nitrogens with two attached hydrogens (primary N) is 1. The molecule has 0 radical (unpaired) electrons. The normalized spacial score (nSPS) is 36.0. The standard InChI is InChI=1S/C12H26N2/c1-5-10(3)14(4)12-8-9(2)6-7-11(12)13/h9-12H,5-8,13H2,1-4H3. The van der Waals surface area contributed by atoms with E-state index >= 15 is 0 Å². The second-order valence-corrected chi connectivity index (χ2v) is 5.07. The first-order valence-electron chi connectivity index (χ1n) is 6.03. The van der Waals surface area contributed by atoms with Crippen molar-refractivity contribution >= 4 is 0 Å². The molecule has 4 atom stereocenters. The quantitative estimate of drug-likeness (QED) is 0.753. The van der Waals surface area contributed by atoms with Crippen molar-refractivity contribution in [1.82, 2.24) is 4.90 Å². The minimum atomic E-state index is 0.394. The van der Waals surface area contributed by atoms with Crippen LogP contribution >= 0.6 is 0 Å². The van der Waals surface area contributed by atoms with Crippen LogP contribution in [0.25, 0.3) is 0 Å². The maximum atomic E-state index is 6.19. The third-order valence-corrected chi connectivity index (χ3v) is 3.94. The Kier molecular flexibility index (Phi) is 4.39. The maximum absolute atomic E-state index is 6.19. The summed E-state index contributed by atoms with van der Waals surface area (Å²) in [6, 6.07) is 1.66. The van der Waals surface area contributed by atoms with E-state index in [1.807, 2.05) is 0 Å². The fourth-order valence-corrected chi connectivity index (χ4v) is 2.46. The summed E-state index contributed by atoms with van der Waals surface area (Å²) in [6.07, 6.45) is 5.01. The smallest absolute Gasteiger partial charge is 0.0249 e. The van der Waals surface area contributed by atoms with Crippen molar-refractivity contribution in [3.05, 3.63) is 0 Å². The van der Waals surface area contributed by atoms with E-state index in [2.05, 4.69) is 32.7 Å². The fourth-order valence-electron chi connectivity index (χ4n) is 2.46. The van der Waals surface area contributed by atoms with Gasteiger partial charge in [-0.1, -0.05) is 13.8 Å². The average molecular weight is 198 g/mol. The van der Waals surface area contributed by atoms with Crippen LogP contribution in [0.4, 0.5) is 0 Å². The van der Waals surface area contributed by atoms with Crippen LogP contribution in [-0.4, -0.2) is 30.1 Å². The van der Waals surface area contributed by atoms with Gasteiger partial charge in [0, 0.05) is 18.1 Å². The van der Waals surface area contributed by atoms with E-state index in [1.165, 1.54) is 25.7 Å². The SMILES string of the molecule is CCC(C)N(C)C1CC(C)CCC1N. The molecule has 1 rings (SSSR count). The first-order chi connectivity index (χ1) is 6.56. The summed E-state index contributed by atoms with van der Waals surface area (Å²) >= 11 is 0. The van der Waals surface area contributed by atoms with Gasteiger partial charge in [-0.05, 0) is 45.6 Å². The number of likely N-dealkylation sites (N-methyl/N-ethyl adjacent to an activating group) is 1. The summed E-state index contributed by atoms with van der Waals surface area (Å²) in [7, 11) is 2.23. The van der Waals surface area contributed by atoms with E-state index < -0.39 is 0 Å². The molecule has 1 aliphatic rings. The third kappa shape index (κ3) is 2.71. The van der Waals surface area contributed by atoms with Crippen LogP contribution < -0.4 is 5.73 Å². The average Bonchev–Trinajstić information content (AvgIpc) is 2.19. The van der Waals surface area contributed by atoms with Crippen molar-refractivity contribution in [2.45, 2.75) is 64.6 Å². The molecule has 4 unspecified atom stereocenters. The summed E-state index contributed by atoms with van der Waals surface area (Å²) in [6.45, 7) is 6.90. The predicted molar refractivity (Wildman–Crippen MR) is 62.3 cm³/mol. The van der Waals surface area contributed by atoms with Crippen molar-refractivity contribution in [2.75, 3.05) is 7.05 Å². The van der Waals surface area contributed by atoms with Crippen molar-refractivity contribution in [3.63, 3.8) is 0 Å². The summed E-state index contributed by atoms with van der Waals surface area (Å²) in [5, 5.41) is 0. The summed E-state index contributed by atoms with van der Waals surface area (Å²) in [4.78, 5) is 2.49. The molecule has 0 spiro atoms. The van der Waals surface area contributed by atoms with Crippen LogP contribution in [-0.2, 0) is 0 Å². The number of nitrogens with zero attached hydrogens (tertiary/aromatic N) is 1. The highest BCUT2D eigenvalue weighted by molar-refractivity contribution is 4.88. The van der Waals surface area contributed by atoms with E-state index in [0.717, 1.165) is 5.92 Å². The monoisotopic (exact) mass is 198 g/mol. The van der Waals surface area contributed by atoms with E-state index in [0.29, 0.717) is 18.1 Å². The zero-order chi connectivity index (χ0) is 10.7. The van der Waals surface area contributed by atoms with Gasteiger partial charge in [0.05, 0.1) is 0 Å². The van der Waals surface area contributed by atoms with Gasteiger partial charge in [-0.3, -0.25) is 4.90 Å². The lowest BCUT2D eigenvalue weighted by Crippen LogP contribution is -2.52. The third-order valence-electron chi connectivity index (χ3n) is 3.94. The molecule has 14 heavy (non-hydrogen) atoms. The van der Waals surface area contributed by atoms with Gasteiger partial charge in [0.25, 0.3) is 0 Å². The number of hydrogen-bond acceptors (Lipinski definition) is 2. The van der Waals surface area contributed by atoms with Crippen LogP contribution in [0.15, 0.2) is 0 Å². The van der Waals surface area contributed by atoms with Gasteiger partial charge in [0.2, 0.25) is 0 Å². The predicted octanol–water partition coefficient (Wildman–Crippen LogP) is 2.23. The Morgan fingerprint density at radius 1 is 1.43 bits per heavy atom. The van der Waals surface area contributed by atoms with Crippen LogP contribution in [0.3, 0.4) is 0 Å². The molecule has 0 saturated heterocycles. The van der Waals surface area contributed by atoms with Crippen molar-refractivity contribution in [3.8, 4) is 0 Å². The first kappa shape index (κ1) is 12.0. The molecule has 2 nitrogen and oxygen atoms in total. The van der Waals surface area contributed by atoms with Crippen LogP contribution in [0.1, 0.15) is 46.5 Å². The molecule has 0 aliphatic heterocycles. The Morgan fingerprint density at radius 2 is 2.07 bits per heavy atom. The molecule has 1 fully saturated rings. The second kappa shape index (κ2) is 5.13. The molecule has 0 aromatic rings. The molecular formula is C12H26N2. The molecule has 0 aromatic heterocycles. The molecule has 2 heteroatoms. The first-order valence-corrected chi connectivity index (χ1v) is 6.03. The van der Waals surface area contributed by atoms with Crippen LogP contribution in [0, 0.1) is 5.92 Å². The summed E-state index contributed by atoms with van der Waals surface area (Å²) in [5.41, 5.74) is 6.19. The van der Waals surface area contributed by atoms with Crippen molar-refractivity contribution in [2.24, 2.45) is 11.7 Å². The highest BCUT2D eigenvalue weighted by Crippen LogP contribution is 2.27. The molecule has 0 heterocycles. The van der Waals surface area contributed by atoms with Crippen LogP contribution in [0.2, 0.25) is 0 Å². The highest BCUT2D eigenvalue weighted by atomic mass is 15.2. The second-order valence-electron chi connectivity index (χ2n) is 5.07. The largest absolute Gasteiger partial charge is 0.326 e. The Hall–Kier alpha value is -0.0800. The molecule has 1 saturated carbocycles. The van der Waals surface area contributed by atoms with Gasteiger partial charge < -0.3 is 5.73 Å². The zero-order valence-electron chi connectivity index (χ0n) is 10.2.